The lowest BCUT2D eigenvalue weighted by Gasteiger charge is -2.13. The zero-order valence-corrected chi connectivity index (χ0v) is 15.4. The number of nitrogens with one attached hydrogen (secondary N) is 2. The Morgan fingerprint density at radius 1 is 1.20 bits per heavy atom. The molecule has 0 spiro atoms. The molecule has 25 heavy (non-hydrogen) atoms. The zero-order chi connectivity index (χ0) is 17.4. The van der Waals surface area contributed by atoms with E-state index in [1.807, 2.05) is 18.2 Å². The van der Waals surface area contributed by atoms with Gasteiger partial charge < -0.3 is 10.6 Å². The summed E-state index contributed by atoms with van der Waals surface area (Å²) in [5.41, 5.74) is 1.43. The molecule has 1 saturated carbocycles. The van der Waals surface area contributed by atoms with Crippen LogP contribution >= 0.6 is 11.8 Å². The number of anilines is 1. The summed E-state index contributed by atoms with van der Waals surface area (Å²) in [6.45, 7) is 0. The van der Waals surface area contributed by atoms with E-state index >= 15 is 0 Å². The first-order valence-electron chi connectivity index (χ1n) is 8.61. The van der Waals surface area contributed by atoms with Gasteiger partial charge in [-0.25, -0.2) is 8.42 Å². The van der Waals surface area contributed by atoms with Crippen molar-refractivity contribution in [3.8, 4) is 0 Å². The first-order chi connectivity index (χ1) is 12.0. The Bertz CT molecular complexity index is 816. The van der Waals surface area contributed by atoms with Crippen molar-refractivity contribution in [1.29, 1.82) is 0 Å². The molecule has 2 unspecified atom stereocenters. The van der Waals surface area contributed by atoms with Gasteiger partial charge in [-0.1, -0.05) is 30.7 Å². The van der Waals surface area contributed by atoms with Crippen LogP contribution in [-0.2, 0) is 9.84 Å². The van der Waals surface area contributed by atoms with Crippen molar-refractivity contribution >= 4 is 38.4 Å². The number of nitrogens with zero attached hydrogens (tertiary/aromatic N) is 1. The molecule has 3 aliphatic rings. The van der Waals surface area contributed by atoms with E-state index in [4.69, 9.17) is 0 Å². The number of hydrogen-bond donors (Lipinski definition) is 2. The fourth-order valence-electron chi connectivity index (χ4n) is 3.62. The van der Waals surface area contributed by atoms with E-state index in [0.717, 1.165) is 23.7 Å². The largest absolute Gasteiger partial charge is 0.349 e. The van der Waals surface area contributed by atoms with Gasteiger partial charge in [-0.3, -0.25) is 9.79 Å². The maximum atomic E-state index is 12.4. The summed E-state index contributed by atoms with van der Waals surface area (Å²) in [4.78, 5) is 16.9. The molecule has 0 bridgehead atoms. The number of hydrogen-bond acceptors (Lipinski definition) is 6. The third-order valence-corrected chi connectivity index (χ3v) is 8.03. The number of amidine groups is 1. The summed E-state index contributed by atoms with van der Waals surface area (Å²) in [5.74, 6) is 0.292. The van der Waals surface area contributed by atoms with E-state index in [0.29, 0.717) is 11.6 Å². The highest BCUT2D eigenvalue weighted by Gasteiger charge is 2.42. The minimum absolute atomic E-state index is 0.0151. The van der Waals surface area contributed by atoms with Crippen LogP contribution in [0.25, 0.3) is 0 Å². The van der Waals surface area contributed by atoms with Crippen LogP contribution in [0.2, 0.25) is 0 Å². The minimum Gasteiger partial charge on any atom is -0.349 e. The number of amides is 1. The molecule has 2 aliphatic heterocycles. The Kier molecular flexibility index (Phi) is 4.49. The van der Waals surface area contributed by atoms with Crippen molar-refractivity contribution in [2.75, 3.05) is 16.8 Å². The maximum Gasteiger partial charge on any atom is 0.251 e. The summed E-state index contributed by atoms with van der Waals surface area (Å²) in [6.07, 6.45) is 4.48. The van der Waals surface area contributed by atoms with Gasteiger partial charge in [0, 0.05) is 22.5 Å². The monoisotopic (exact) mass is 379 g/mol. The fraction of sp³-hybridized carbons (Fsp3) is 0.529. The molecule has 2 heterocycles. The summed E-state index contributed by atoms with van der Waals surface area (Å²) in [6, 6.07) is 7.50. The van der Waals surface area contributed by atoms with E-state index in [-0.39, 0.29) is 28.7 Å². The Labute approximate surface area is 151 Å². The standard InChI is InChI=1S/C17H21N3O3S2/c21-16(18-12-5-1-2-6-12)11-4-3-7-13(8-11)19-17-20-14-9-25(22,23)10-15(14)24-17/h3-4,7-8,12,14-15H,1-2,5-6,9-10H2,(H,18,21)(H,19,20). The van der Waals surface area contributed by atoms with E-state index in [1.54, 1.807) is 6.07 Å². The minimum atomic E-state index is -2.94. The number of fused-ring (bicyclic) bond motifs is 1. The first-order valence-corrected chi connectivity index (χ1v) is 11.3. The van der Waals surface area contributed by atoms with E-state index in [9.17, 15) is 13.2 Å². The molecule has 4 rings (SSSR count). The number of carbonyl (C=O) groups excluding carboxylic acids is 1. The van der Waals surface area contributed by atoms with Crippen LogP contribution < -0.4 is 10.6 Å². The second-order valence-electron chi connectivity index (χ2n) is 6.90. The molecule has 134 valence electrons. The van der Waals surface area contributed by atoms with E-state index in [2.05, 4.69) is 15.6 Å². The quantitative estimate of drug-likeness (QED) is 0.839. The summed E-state index contributed by atoms with van der Waals surface area (Å²) in [5, 5.41) is 7.06. The van der Waals surface area contributed by atoms with Crippen molar-refractivity contribution in [2.24, 2.45) is 4.99 Å². The molecule has 2 atom stereocenters. The molecule has 1 amide bonds. The average Bonchev–Trinajstić information content (AvgIpc) is 3.23. The highest BCUT2D eigenvalue weighted by Crippen LogP contribution is 2.34. The highest BCUT2D eigenvalue weighted by molar-refractivity contribution is 8.15. The Morgan fingerprint density at radius 2 is 2.00 bits per heavy atom. The SMILES string of the molecule is O=C(NC1CCCC1)c1cccc(NC2=NC3CS(=O)(=O)CC3S2)c1. The van der Waals surface area contributed by atoms with Gasteiger partial charge in [-0.05, 0) is 31.0 Å². The fourth-order valence-corrected chi connectivity index (χ4v) is 7.29. The van der Waals surface area contributed by atoms with Crippen LogP contribution in [0.4, 0.5) is 5.69 Å². The lowest BCUT2D eigenvalue weighted by atomic mass is 10.1. The van der Waals surface area contributed by atoms with Gasteiger partial charge in [0.15, 0.2) is 15.0 Å². The van der Waals surface area contributed by atoms with Crippen LogP contribution in [0.5, 0.6) is 0 Å². The van der Waals surface area contributed by atoms with Crippen LogP contribution in [0.3, 0.4) is 0 Å². The van der Waals surface area contributed by atoms with Crippen molar-refractivity contribution in [3.05, 3.63) is 29.8 Å². The molecule has 0 aromatic heterocycles. The molecule has 0 radical (unpaired) electrons. The van der Waals surface area contributed by atoms with Crippen molar-refractivity contribution in [2.45, 2.75) is 43.0 Å². The van der Waals surface area contributed by atoms with Crippen molar-refractivity contribution in [1.82, 2.24) is 5.32 Å². The molecule has 8 heteroatoms. The topological polar surface area (TPSA) is 87.6 Å². The van der Waals surface area contributed by atoms with Gasteiger partial charge in [-0.2, -0.15) is 0 Å². The predicted octanol–water partition coefficient (Wildman–Crippen LogP) is 2.04. The second kappa shape index (κ2) is 6.64. The molecule has 1 saturated heterocycles. The summed E-state index contributed by atoms with van der Waals surface area (Å²) >= 11 is 1.48. The Morgan fingerprint density at radius 3 is 2.76 bits per heavy atom. The van der Waals surface area contributed by atoms with Gasteiger partial charge in [-0.15, -0.1) is 0 Å². The normalized spacial score (nSPS) is 27.8. The van der Waals surface area contributed by atoms with E-state index in [1.165, 1.54) is 24.6 Å². The smallest absolute Gasteiger partial charge is 0.251 e. The first kappa shape index (κ1) is 16.9. The summed E-state index contributed by atoms with van der Waals surface area (Å²) in [7, 11) is -2.94. The van der Waals surface area contributed by atoms with Crippen LogP contribution in [0.15, 0.2) is 29.3 Å². The van der Waals surface area contributed by atoms with Crippen LogP contribution in [-0.4, -0.2) is 48.3 Å². The molecule has 1 aromatic carbocycles. The Balaban J connectivity index is 1.41. The molecular formula is C17H21N3O3S2. The molecular weight excluding hydrogens is 358 g/mol. The van der Waals surface area contributed by atoms with Gasteiger partial charge in [0.1, 0.15) is 0 Å². The predicted molar refractivity (Wildman–Crippen MR) is 101 cm³/mol. The van der Waals surface area contributed by atoms with Gasteiger partial charge in [0.2, 0.25) is 0 Å². The third-order valence-electron chi connectivity index (χ3n) is 4.88. The van der Waals surface area contributed by atoms with Gasteiger partial charge in [0.25, 0.3) is 5.91 Å². The van der Waals surface area contributed by atoms with E-state index < -0.39 is 9.84 Å². The summed E-state index contributed by atoms with van der Waals surface area (Å²) < 4.78 is 23.2. The number of rotatable bonds is 3. The molecule has 2 fully saturated rings. The van der Waals surface area contributed by atoms with Gasteiger partial charge >= 0.3 is 0 Å². The Hall–Kier alpha value is -1.54. The average molecular weight is 380 g/mol. The molecule has 1 aliphatic carbocycles. The molecule has 2 N–H and O–H groups in total. The van der Waals surface area contributed by atoms with Crippen LogP contribution in [0, 0.1) is 0 Å². The van der Waals surface area contributed by atoms with Gasteiger partial charge in [0.05, 0.1) is 17.5 Å². The van der Waals surface area contributed by atoms with Crippen molar-refractivity contribution < 1.29 is 13.2 Å². The maximum absolute atomic E-state index is 12.4. The number of thioether (sulfide) groups is 1. The molecule has 6 nitrogen and oxygen atoms in total. The number of aliphatic imine (C=N–C) groups is 1. The lowest BCUT2D eigenvalue weighted by Crippen LogP contribution is -2.32. The van der Waals surface area contributed by atoms with Crippen LogP contribution in [0.1, 0.15) is 36.0 Å². The molecule has 1 aromatic rings. The number of sulfone groups is 1. The number of benzene rings is 1. The highest BCUT2D eigenvalue weighted by atomic mass is 32.2. The second-order valence-corrected chi connectivity index (χ2v) is 10.3. The zero-order valence-electron chi connectivity index (χ0n) is 13.8. The third kappa shape index (κ3) is 3.84. The lowest BCUT2D eigenvalue weighted by molar-refractivity contribution is 0.0938. The van der Waals surface area contributed by atoms with Crippen molar-refractivity contribution in [3.63, 3.8) is 0 Å². The number of carbonyl (C=O) groups is 1.